The van der Waals surface area contributed by atoms with E-state index >= 15 is 0 Å². The van der Waals surface area contributed by atoms with Crippen LogP contribution in [0.4, 0.5) is 9.18 Å². The lowest BCUT2D eigenvalue weighted by atomic mass is 10.3. The number of aromatic nitrogens is 1. The molecule has 1 amide bonds. The Kier molecular flexibility index (Phi) is 3.19. The number of halogens is 1. The zero-order valence-corrected chi connectivity index (χ0v) is 7.08. The van der Waals surface area contributed by atoms with Crippen molar-refractivity contribution in [3.63, 3.8) is 0 Å². The van der Waals surface area contributed by atoms with Crippen LogP contribution in [0.3, 0.4) is 0 Å². The summed E-state index contributed by atoms with van der Waals surface area (Å²) in [6.07, 6.45) is -0.564. The predicted octanol–water partition coefficient (Wildman–Crippen LogP) is 1.08. The highest BCUT2D eigenvalue weighted by Crippen LogP contribution is 1.96. The summed E-state index contributed by atoms with van der Waals surface area (Å²) in [5, 5.41) is 2.39. The minimum atomic E-state index is -0.566. The average molecular weight is 184 g/mol. The van der Waals surface area contributed by atoms with Crippen LogP contribution in [-0.4, -0.2) is 18.2 Å². The number of rotatable bonds is 2. The van der Waals surface area contributed by atoms with Gasteiger partial charge in [-0.1, -0.05) is 6.07 Å². The van der Waals surface area contributed by atoms with Gasteiger partial charge in [0.15, 0.2) is 0 Å². The quantitative estimate of drug-likeness (QED) is 0.699. The summed E-state index contributed by atoms with van der Waals surface area (Å²) in [4.78, 5) is 14.2. The zero-order valence-electron chi connectivity index (χ0n) is 7.08. The van der Waals surface area contributed by atoms with E-state index in [1.165, 1.54) is 19.2 Å². The molecular weight excluding hydrogens is 175 g/mol. The number of nitrogens with zero attached hydrogens (tertiary/aromatic N) is 1. The van der Waals surface area contributed by atoms with Crippen molar-refractivity contribution in [2.75, 3.05) is 7.11 Å². The molecule has 5 heteroatoms. The largest absolute Gasteiger partial charge is 0.453 e. The summed E-state index contributed by atoms with van der Waals surface area (Å²) in [5.41, 5.74) is 0.449. The van der Waals surface area contributed by atoms with Gasteiger partial charge in [-0.3, -0.25) is 0 Å². The first-order valence-corrected chi connectivity index (χ1v) is 3.65. The van der Waals surface area contributed by atoms with Gasteiger partial charge in [-0.15, -0.1) is 0 Å². The van der Waals surface area contributed by atoms with Crippen molar-refractivity contribution in [2.45, 2.75) is 6.54 Å². The van der Waals surface area contributed by atoms with Gasteiger partial charge >= 0.3 is 6.09 Å². The first-order chi connectivity index (χ1) is 6.22. The minimum Gasteiger partial charge on any atom is -0.453 e. The van der Waals surface area contributed by atoms with E-state index in [4.69, 9.17) is 0 Å². The third-order valence-electron chi connectivity index (χ3n) is 1.37. The number of pyridine rings is 1. The van der Waals surface area contributed by atoms with Gasteiger partial charge in [0.2, 0.25) is 5.95 Å². The Morgan fingerprint density at radius 1 is 1.69 bits per heavy atom. The van der Waals surface area contributed by atoms with Gasteiger partial charge in [-0.2, -0.15) is 4.39 Å². The van der Waals surface area contributed by atoms with Crippen LogP contribution in [-0.2, 0) is 11.3 Å². The number of hydrogen-bond donors (Lipinski definition) is 1. The third kappa shape index (κ3) is 3.06. The normalized spacial score (nSPS) is 9.38. The Labute approximate surface area is 74.7 Å². The Bertz CT molecular complexity index is 304. The van der Waals surface area contributed by atoms with Gasteiger partial charge in [0, 0.05) is 0 Å². The Balaban J connectivity index is 2.50. The van der Waals surface area contributed by atoms with Crippen LogP contribution < -0.4 is 5.32 Å². The highest BCUT2D eigenvalue weighted by atomic mass is 19.1. The number of alkyl carbamates (subject to hydrolysis) is 1. The summed E-state index contributed by atoms with van der Waals surface area (Å²) in [7, 11) is 1.26. The number of ether oxygens (including phenoxy) is 1. The monoisotopic (exact) mass is 184 g/mol. The van der Waals surface area contributed by atoms with Crippen LogP contribution >= 0.6 is 0 Å². The van der Waals surface area contributed by atoms with E-state index in [0.29, 0.717) is 5.69 Å². The second-order valence-electron chi connectivity index (χ2n) is 2.30. The van der Waals surface area contributed by atoms with E-state index in [9.17, 15) is 9.18 Å². The highest BCUT2D eigenvalue weighted by Gasteiger charge is 2.00. The lowest BCUT2D eigenvalue weighted by Crippen LogP contribution is -2.22. The molecule has 0 spiro atoms. The van der Waals surface area contributed by atoms with Gasteiger partial charge in [0.1, 0.15) is 0 Å². The molecule has 0 aliphatic carbocycles. The molecule has 1 aromatic heterocycles. The van der Waals surface area contributed by atoms with Crippen molar-refractivity contribution in [1.29, 1.82) is 0 Å². The molecule has 0 aromatic carbocycles. The minimum absolute atomic E-state index is 0.157. The van der Waals surface area contributed by atoms with Gasteiger partial charge in [0.25, 0.3) is 0 Å². The number of amides is 1. The Hall–Kier alpha value is -1.65. The number of carbonyl (C=O) groups excluding carboxylic acids is 1. The maximum absolute atomic E-state index is 12.5. The molecule has 0 unspecified atom stereocenters. The number of hydrogen-bond acceptors (Lipinski definition) is 3. The number of methoxy groups -OCH3 is 1. The van der Waals surface area contributed by atoms with E-state index < -0.39 is 12.0 Å². The van der Waals surface area contributed by atoms with Crippen molar-refractivity contribution in [3.05, 3.63) is 29.8 Å². The van der Waals surface area contributed by atoms with E-state index in [0.717, 1.165) is 0 Å². The molecule has 0 aliphatic heterocycles. The molecule has 1 N–H and O–H groups in total. The van der Waals surface area contributed by atoms with E-state index in [2.05, 4.69) is 15.0 Å². The van der Waals surface area contributed by atoms with Crippen molar-refractivity contribution in [3.8, 4) is 0 Å². The van der Waals surface area contributed by atoms with Crippen molar-refractivity contribution < 1.29 is 13.9 Å². The van der Waals surface area contributed by atoms with Crippen molar-refractivity contribution in [2.24, 2.45) is 0 Å². The summed E-state index contributed by atoms with van der Waals surface area (Å²) >= 11 is 0. The molecule has 0 atom stereocenters. The summed E-state index contributed by atoms with van der Waals surface area (Å²) < 4.78 is 16.8. The summed E-state index contributed by atoms with van der Waals surface area (Å²) in [6.45, 7) is 0.157. The van der Waals surface area contributed by atoms with Crippen molar-refractivity contribution in [1.82, 2.24) is 10.3 Å². The lowest BCUT2D eigenvalue weighted by molar-refractivity contribution is 0.170. The molecular formula is C8H9FN2O2. The van der Waals surface area contributed by atoms with Crippen LogP contribution in [0.1, 0.15) is 5.69 Å². The maximum atomic E-state index is 12.5. The average Bonchev–Trinajstić information content (AvgIpc) is 2.14. The van der Waals surface area contributed by atoms with E-state index in [-0.39, 0.29) is 6.54 Å². The maximum Gasteiger partial charge on any atom is 0.407 e. The molecule has 1 aromatic rings. The molecule has 0 fully saturated rings. The Morgan fingerprint density at radius 2 is 2.46 bits per heavy atom. The van der Waals surface area contributed by atoms with Gasteiger partial charge in [-0.25, -0.2) is 9.78 Å². The molecule has 0 aliphatic rings. The van der Waals surface area contributed by atoms with Gasteiger partial charge in [-0.05, 0) is 12.1 Å². The van der Waals surface area contributed by atoms with Crippen LogP contribution in [0.15, 0.2) is 18.2 Å². The van der Waals surface area contributed by atoms with Crippen LogP contribution in [0.2, 0.25) is 0 Å². The topological polar surface area (TPSA) is 51.2 Å². The molecule has 0 radical (unpaired) electrons. The predicted molar refractivity (Wildman–Crippen MR) is 43.4 cm³/mol. The fourth-order valence-electron chi connectivity index (χ4n) is 0.784. The number of carbonyl (C=O) groups is 1. The standard InChI is InChI=1S/C8H9FN2O2/c1-13-8(12)10-5-6-3-2-4-7(9)11-6/h2-4H,5H2,1H3,(H,10,12). The van der Waals surface area contributed by atoms with Crippen molar-refractivity contribution >= 4 is 6.09 Å². The fraction of sp³-hybridized carbons (Fsp3) is 0.250. The number of nitrogens with one attached hydrogen (secondary N) is 1. The molecule has 4 nitrogen and oxygen atoms in total. The molecule has 13 heavy (non-hydrogen) atoms. The molecule has 70 valence electrons. The lowest BCUT2D eigenvalue weighted by Gasteiger charge is -2.02. The van der Waals surface area contributed by atoms with E-state index in [1.54, 1.807) is 6.07 Å². The third-order valence-corrected chi connectivity index (χ3v) is 1.37. The second-order valence-corrected chi connectivity index (χ2v) is 2.30. The molecule has 0 saturated heterocycles. The smallest absolute Gasteiger partial charge is 0.407 e. The summed E-state index contributed by atoms with van der Waals surface area (Å²) in [6, 6.07) is 4.37. The van der Waals surface area contributed by atoms with Crippen LogP contribution in [0, 0.1) is 5.95 Å². The molecule has 0 bridgehead atoms. The zero-order chi connectivity index (χ0) is 9.68. The second kappa shape index (κ2) is 4.39. The summed E-state index contributed by atoms with van der Waals surface area (Å²) in [5.74, 6) is -0.566. The molecule has 0 saturated carbocycles. The first-order valence-electron chi connectivity index (χ1n) is 3.65. The Morgan fingerprint density at radius 3 is 3.08 bits per heavy atom. The fourth-order valence-corrected chi connectivity index (χ4v) is 0.784. The molecule has 1 rings (SSSR count). The molecule has 1 heterocycles. The first kappa shape index (κ1) is 9.44. The van der Waals surface area contributed by atoms with Crippen LogP contribution in [0.25, 0.3) is 0 Å². The van der Waals surface area contributed by atoms with Crippen LogP contribution in [0.5, 0.6) is 0 Å². The van der Waals surface area contributed by atoms with Gasteiger partial charge < -0.3 is 10.1 Å². The van der Waals surface area contributed by atoms with Gasteiger partial charge in [0.05, 0.1) is 19.3 Å². The van der Waals surface area contributed by atoms with E-state index in [1.807, 2.05) is 0 Å². The SMILES string of the molecule is COC(=O)NCc1cccc(F)n1. The highest BCUT2D eigenvalue weighted by molar-refractivity contribution is 5.66.